The van der Waals surface area contributed by atoms with Crippen molar-refractivity contribution in [3.63, 3.8) is 0 Å². The Labute approximate surface area is 47.3 Å². The van der Waals surface area contributed by atoms with E-state index in [0.29, 0.717) is 0 Å². The molecular formula is C3H7ClFNO. The van der Waals surface area contributed by atoms with Gasteiger partial charge in [0.15, 0.2) is 6.17 Å². The molecule has 1 atom stereocenters. The molecule has 0 aromatic rings. The van der Waals surface area contributed by atoms with Gasteiger partial charge < -0.3 is 5.73 Å². The molecule has 0 spiro atoms. The van der Waals surface area contributed by atoms with Gasteiger partial charge in [-0.25, -0.2) is 4.39 Å². The summed E-state index contributed by atoms with van der Waals surface area (Å²) < 4.78 is 11.3. The van der Waals surface area contributed by atoms with Crippen molar-refractivity contribution in [1.29, 1.82) is 0 Å². The van der Waals surface area contributed by atoms with Crippen molar-refractivity contribution in [1.82, 2.24) is 0 Å². The Morgan fingerprint density at radius 1 is 1.86 bits per heavy atom. The standard InChI is InChI=1S/C3H6FNO.ClH/c1-2(4)3(5)6;/h2H,1H3,(H2,5,6);1H. The molecule has 0 aliphatic heterocycles. The van der Waals surface area contributed by atoms with Crippen molar-refractivity contribution in [2.45, 2.75) is 13.1 Å². The van der Waals surface area contributed by atoms with Gasteiger partial charge in [0.2, 0.25) is 0 Å². The van der Waals surface area contributed by atoms with Crippen LogP contribution in [0.3, 0.4) is 0 Å². The van der Waals surface area contributed by atoms with Gasteiger partial charge in [0.05, 0.1) is 0 Å². The van der Waals surface area contributed by atoms with Gasteiger partial charge in [-0.2, -0.15) is 0 Å². The number of hydrogen-bond acceptors (Lipinski definition) is 1. The Morgan fingerprint density at radius 3 is 2.00 bits per heavy atom. The summed E-state index contributed by atoms with van der Waals surface area (Å²) in [6.45, 7) is 1.10. The fraction of sp³-hybridized carbons (Fsp3) is 0.667. The first kappa shape index (κ1) is 9.85. The average molecular weight is 128 g/mol. The fourth-order valence-electron chi connectivity index (χ4n) is 0. The normalized spacial score (nSPS) is 11.7. The summed E-state index contributed by atoms with van der Waals surface area (Å²) in [5.41, 5.74) is 4.42. The van der Waals surface area contributed by atoms with E-state index < -0.39 is 12.1 Å². The van der Waals surface area contributed by atoms with E-state index in [-0.39, 0.29) is 12.4 Å². The maximum Gasteiger partial charge on any atom is 0.251 e. The highest BCUT2D eigenvalue weighted by atomic mass is 35.5. The maximum atomic E-state index is 11.3. The third kappa shape index (κ3) is 5.69. The van der Waals surface area contributed by atoms with Crippen LogP contribution in [0.15, 0.2) is 0 Å². The molecule has 2 nitrogen and oxygen atoms in total. The number of carbonyl (C=O) groups is 1. The highest BCUT2D eigenvalue weighted by Crippen LogP contribution is 1.80. The van der Waals surface area contributed by atoms with Crippen LogP contribution in [-0.4, -0.2) is 12.1 Å². The zero-order chi connectivity index (χ0) is 5.15. The number of nitrogens with two attached hydrogens (primary N) is 1. The number of halogens is 2. The SMILES string of the molecule is CC(F)C(N)=O.Cl. The molecule has 0 saturated heterocycles. The second kappa shape index (κ2) is 3.87. The Hall–Kier alpha value is -0.310. The molecule has 1 amide bonds. The Bertz CT molecular complexity index is 66.0. The Morgan fingerprint density at radius 2 is 2.00 bits per heavy atom. The molecule has 0 aliphatic carbocycles. The van der Waals surface area contributed by atoms with Gasteiger partial charge in [-0.05, 0) is 6.92 Å². The molecule has 0 fully saturated rings. The number of primary amides is 1. The van der Waals surface area contributed by atoms with E-state index in [1.54, 1.807) is 0 Å². The highest BCUT2D eigenvalue weighted by molar-refractivity contribution is 5.85. The lowest BCUT2D eigenvalue weighted by Gasteiger charge is -1.86. The summed E-state index contributed by atoms with van der Waals surface area (Å²) in [5.74, 6) is -0.907. The largest absolute Gasteiger partial charge is 0.367 e. The molecule has 1 unspecified atom stereocenters. The van der Waals surface area contributed by atoms with Gasteiger partial charge in [0.25, 0.3) is 5.91 Å². The monoisotopic (exact) mass is 127 g/mol. The van der Waals surface area contributed by atoms with Gasteiger partial charge >= 0.3 is 0 Å². The van der Waals surface area contributed by atoms with Crippen LogP contribution in [0, 0.1) is 0 Å². The van der Waals surface area contributed by atoms with Crippen molar-refractivity contribution in [2.24, 2.45) is 5.73 Å². The van der Waals surface area contributed by atoms with Crippen LogP contribution in [0.1, 0.15) is 6.92 Å². The zero-order valence-electron chi connectivity index (χ0n) is 3.85. The molecule has 0 aliphatic rings. The van der Waals surface area contributed by atoms with Crippen molar-refractivity contribution in [3.05, 3.63) is 0 Å². The number of hydrogen-bond donors (Lipinski definition) is 1. The molecule has 0 aromatic carbocycles. The number of alkyl halides is 1. The third-order valence-electron chi connectivity index (χ3n) is 0.392. The van der Waals surface area contributed by atoms with Gasteiger partial charge in [0.1, 0.15) is 0 Å². The molecule has 4 heteroatoms. The van der Waals surface area contributed by atoms with E-state index in [4.69, 9.17) is 0 Å². The minimum absolute atomic E-state index is 0. The van der Waals surface area contributed by atoms with Crippen LogP contribution < -0.4 is 5.73 Å². The van der Waals surface area contributed by atoms with Crippen LogP contribution in [0.4, 0.5) is 4.39 Å². The number of rotatable bonds is 1. The van der Waals surface area contributed by atoms with Crippen LogP contribution in [0.2, 0.25) is 0 Å². The molecule has 2 N–H and O–H groups in total. The molecule has 7 heavy (non-hydrogen) atoms. The van der Waals surface area contributed by atoms with E-state index in [9.17, 15) is 9.18 Å². The zero-order valence-corrected chi connectivity index (χ0v) is 4.67. The number of carbonyl (C=O) groups excluding carboxylic acids is 1. The van der Waals surface area contributed by atoms with Crippen LogP contribution >= 0.6 is 12.4 Å². The Balaban J connectivity index is 0. The van der Waals surface area contributed by atoms with Gasteiger partial charge in [-0.15, -0.1) is 12.4 Å². The predicted octanol–water partition coefficient (Wildman–Crippen LogP) is 0.252. The molecule has 0 saturated carbocycles. The second-order valence-electron chi connectivity index (χ2n) is 1.02. The summed E-state index contributed by atoms with van der Waals surface area (Å²) in [6, 6.07) is 0. The summed E-state index contributed by atoms with van der Waals surface area (Å²) in [5, 5.41) is 0. The lowest BCUT2D eigenvalue weighted by molar-refractivity contribution is -0.122. The van der Waals surface area contributed by atoms with Crippen molar-refractivity contribution >= 4 is 18.3 Å². The molecule has 0 heterocycles. The van der Waals surface area contributed by atoms with Crippen molar-refractivity contribution in [2.75, 3.05) is 0 Å². The molecule has 0 radical (unpaired) electrons. The summed E-state index contributed by atoms with van der Waals surface area (Å²) in [6.07, 6.45) is -1.51. The first-order valence-corrected chi connectivity index (χ1v) is 1.58. The second-order valence-corrected chi connectivity index (χ2v) is 1.02. The average Bonchev–Trinajstić information content (AvgIpc) is 1.36. The molecule has 0 aromatic heterocycles. The smallest absolute Gasteiger partial charge is 0.251 e. The molecule has 0 bridgehead atoms. The van der Waals surface area contributed by atoms with Crippen molar-refractivity contribution < 1.29 is 9.18 Å². The van der Waals surface area contributed by atoms with E-state index in [1.165, 1.54) is 0 Å². The highest BCUT2D eigenvalue weighted by Gasteiger charge is 2.01. The van der Waals surface area contributed by atoms with E-state index in [2.05, 4.69) is 5.73 Å². The summed E-state index contributed by atoms with van der Waals surface area (Å²) in [4.78, 5) is 9.55. The molecule has 44 valence electrons. The quantitative estimate of drug-likeness (QED) is 0.539. The summed E-state index contributed by atoms with van der Waals surface area (Å²) in [7, 11) is 0. The van der Waals surface area contributed by atoms with Gasteiger partial charge in [-0.3, -0.25) is 4.79 Å². The first-order chi connectivity index (χ1) is 2.64. The maximum absolute atomic E-state index is 11.3. The van der Waals surface area contributed by atoms with E-state index >= 15 is 0 Å². The van der Waals surface area contributed by atoms with E-state index in [1.807, 2.05) is 0 Å². The minimum Gasteiger partial charge on any atom is -0.367 e. The van der Waals surface area contributed by atoms with E-state index in [0.717, 1.165) is 6.92 Å². The topological polar surface area (TPSA) is 43.1 Å². The molecular weight excluding hydrogens is 120 g/mol. The minimum atomic E-state index is -1.51. The van der Waals surface area contributed by atoms with Gasteiger partial charge in [0, 0.05) is 0 Å². The van der Waals surface area contributed by atoms with Crippen molar-refractivity contribution in [3.8, 4) is 0 Å². The van der Waals surface area contributed by atoms with Gasteiger partial charge in [-0.1, -0.05) is 0 Å². The summed E-state index contributed by atoms with van der Waals surface area (Å²) >= 11 is 0. The first-order valence-electron chi connectivity index (χ1n) is 1.58. The lowest BCUT2D eigenvalue weighted by atomic mass is 10.4. The lowest BCUT2D eigenvalue weighted by Crippen LogP contribution is -2.20. The number of amides is 1. The molecule has 0 rings (SSSR count). The van der Waals surface area contributed by atoms with Crippen LogP contribution in [-0.2, 0) is 4.79 Å². The predicted molar refractivity (Wildman–Crippen MR) is 27.0 cm³/mol. The van der Waals surface area contributed by atoms with Crippen LogP contribution in [0.5, 0.6) is 0 Å². The van der Waals surface area contributed by atoms with Crippen LogP contribution in [0.25, 0.3) is 0 Å². The third-order valence-corrected chi connectivity index (χ3v) is 0.392. The Kier molecular flexibility index (Phi) is 5.44. The fourth-order valence-corrected chi connectivity index (χ4v) is 0.